The molecule has 1 heterocycles. The summed E-state index contributed by atoms with van der Waals surface area (Å²) in [7, 11) is 17.9. The number of benzene rings is 2. The second-order valence-corrected chi connectivity index (χ2v) is 9.01. The fraction of sp³-hybridized carbons (Fsp3) is 0.417. The largest absolute Gasteiger partial charge is 0.507 e. The summed E-state index contributed by atoms with van der Waals surface area (Å²) < 4.78 is 6.40. The molecule has 2 atom stereocenters. The van der Waals surface area contributed by atoms with Crippen LogP contribution in [0.1, 0.15) is 49.3 Å². The van der Waals surface area contributed by atoms with Crippen LogP contribution in [0.15, 0.2) is 54.1 Å². The number of ether oxygens (including phenoxy) is 1. The van der Waals surface area contributed by atoms with Crippen molar-refractivity contribution in [3.8, 4) is 11.5 Å². The molecule has 2 unspecified atom stereocenters. The van der Waals surface area contributed by atoms with Crippen molar-refractivity contribution in [3.63, 3.8) is 0 Å². The smallest absolute Gasteiger partial charge is 0.127 e. The molecule has 142 valence electrons. The molecule has 2 aromatic carbocycles. The summed E-state index contributed by atoms with van der Waals surface area (Å²) in [6.45, 7) is 4.22. The summed E-state index contributed by atoms with van der Waals surface area (Å²) in [5, 5.41) is 9.60. The van der Waals surface area contributed by atoms with Crippen molar-refractivity contribution >= 4 is 23.5 Å². The zero-order valence-electron chi connectivity index (χ0n) is 17.2. The minimum atomic E-state index is -1.33. The second-order valence-electron chi connectivity index (χ2n) is 9.01. The van der Waals surface area contributed by atoms with Crippen LogP contribution in [-0.2, 0) is 12.8 Å². The summed E-state index contributed by atoms with van der Waals surface area (Å²) in [6, 6.07) is 14.3. The predicted octanol–water partition coefficient (Wildman–Crippen LogP) is 4.35. The van der Waals surface area contributed by atoms with Gasteiger partial charge in [0.15, 0.2) is 0 Å². The molecule has 5 heteroatoms. The monoisotopic (exact) mass is 378 g/mol. The lowest BCUT2D eigenvalue weighted by Gasteiger charge is -2.48. The Labute approximate surface area is 178 Å². The molecule has 6 radical (unpaired) electrons. The summed E-state index contributed by atoms with van der Waals surface area (Å²) >= 11 is 0. The summed E-state index contributed by atoms with van der Waals surface area (Å²) in [5.74, 6) is 1.22. The van der Waals surface area contributed by atoms with Gasteiger partial charge in [-0.15, -0.1) is 5.11 Å². The van der Waals surface area contributed by atoms with Gasteiger partial charge in [0.05, 0.1) is 23.5 Å². The topological polar surface area (TPSA) is 29.5 Å². The van der Waals surface area contributed by atoms with Gasteiger partial charge in [-0.1, -0.05) is 42.0 Å². The Balaban J connectivity index is 1.69. The molecule has 2 nitrogen and oxygen atoms in total. The van der Waals surface area contributed by atoms with Crippen LogP contribution in [0.4, 0.5) is 0 Å². The Morgan fingerprint density at radius 2 is 1.76 bits per heavy atom. The van der Waals surface area contributed by atoms with Crippen LogP contribution in [0.2, 0.25) is 5.11 Å². The molecule has 0 amide bonds. The number of aryl methyl sites for hydroxylation is 2. The Bertz CT molecular complexity index is 929. The maximum absolute atomic E-state index is 10.9. The molecule has 0 fully saturated rings. The van der Waals surface area contributed by atoms with Crippen LogP contribution in [0.5, 0.6) is 11.5 Å². The predicted molar refractivity (Wildman–Crippen MR) is 120 cm³/mol. The molecule has 2 aromatic rings. The number of aromatic hydroxyl groups is 1. The Morgan fingerprint density at radius 3 is 2.45 bits per heavy atom. The number of phenolic OH excluding ortho intramolecular Hbond substituents is 1. The van der Waals surface area contributed by atoms with Crippen LogP contribution in [0.3, 0.4) is 0 Å². The van der Waals surface area contributed by atoms with Gasteiger partial charge in [0, 0.05) is 17.4 Å². The highest BCUT2D eigenvalue weighted by Crippen LogP contribution is 2.54. The van der Waals surface area contributed by atoms with Gasteiger partial charge < -0.3 is 9.84 Å². The molecule has 0 bridgehead atoms. The second kappa shape index (κ2) is 7.34. The van der Waals surface area contributed by atoms with E-state index >= 15 is 0 Å². The number of hydrogen-bond donors (Lipinski definition) is 1. The van der Waals surface area contributed by atoms with Gasteiger partial charge in [-0.05, 0) is 62.8 Å². The third-order valence-electron chi connectivity index (χ3n) is 6.42. The van der Waals surface area contributed by atoms with E-state index in [1.54, 1.807) is 0 Å². The lowest BCUT2D eigenvalue weighted by molar-refractivity contribution is 0.0106. The zero-order valence-corrected chi connectivity index (χ0v) is 17.2. The first-order chi connectivity index (χ1) is 13.6. The zero-order chi connectivity index (χ0) is 20.8. The fourth-order valence-electron chi connectivity index (χ4n) is 4.86. The van der Waals surface area contributed by atoms with Crippen molar-refractivity contribution in [2.45, 2.75) is 56.2 Å². The maximum atomic E-state index is 10.9. The van der Waals surface area contributed by atoms with Crippen LogP contribution < -0.4 is 4.74 Å². The summed E-state index contributed by atoms with van der Waals surface area (Å²) in [5.41, 5.74) is 3.63. The highest BCUT2D eigenvalue weighted by atomic mass is 16.5. The first kappa shape index (κ1) is 20.3. The number of rotatable bonds is 4. The highest BCUT2D eigenvalue weighted by Gasteiger charge is 2.46. The average Bonchev–Trinajstić information content (AvgIpc) is 2.65. The van der Waals surface area contributed by atoms with Crippen molar-refractivity contribution < 1.29 is 9.84 Å². The van der Waals surface area contributed by atoms with Crippen LogP contribution >= 0.6 is 0 Å². The van der Waals surface area contributed by atoms with Crippen molar-refractivity contribution in [1.29, 1.82) is 0 Å². The number of phenols is 1. The van der Waals surface area contributed by atoms with Crippen molar-refractivity contribution in [3.05, 3.63) is 70.8 Å². The van der Waals surface area contributed by atoms with E-state index in [0.29, 0.717) is 0 Å². The quantitative estimate of drug-likeness (QED) is 0.634. The van der Waals surface area contributed by atoms with Gasteiger partial charge in [-0.2, -0.15) is 0 Å². The van der Waals surface area contributed by atoms with Gasteiger partial charge in [-0.3, -0.25) is 0 Å². The van der Waals surface area contributed by atoms with Gasteiger partial charge in [0.1, 0.15) is 17.1 Å². The molecule has 1 aliphatic heterocycles. The molecule has 0 saturated heterocycles. The average molecular weight is 378 g/mol. The first-order valence-electron chi connectivity index (χ1n) is 10.3. The third kappa shape index (κ3) is 4.02. The van der Waals surface area contributed by atoms with Crippen LogP contribution in [0.25, 0.3) is 0 Å². The fourth-order valence-corrected chi connectivity index (χ4v) is 4.86. The lowest BCUT2D eigenvalue weighted by atomic mass is 9.38. The van der Waals surface area contributed by atoms with E-state index in [0.717, 1.165) is 48.1 Å². The molecule has 0 spiro atoms. The van der Waals surface area contributed by atoms with Crippen molar-refractivity contribution in [2.24, 2.45) is 5.92 Å². The van der Waals surface area contributed by atoms with Gasteiger partial charge in [0.2, 0.25) is 0 Å². The summed E-state index contributed by atoms with van der Waals surface area (Å²) in [4.78, 5) is 0. The lowest BCUT2D eigenvalue weighted by Crippen LogP contribution is -2.45. The van der Waals surface area contributed by atoms with E-state index in [2.05, 4.69) is 38.1 Å². The molecular weight excluding hydrogens is 353 g/mol. The SMILES string of the molecule is [B]C([B])([B])C1=CC2c3c(O)cc(CCc4ccccc4)cc3OC(C)(C)C2CC1. The van der Waals surface area contributed by atoms with E-state index in [4.69, 9.17) is 28.3 Å². The van der Waals surface area contributed by atoms with E-state index in [-0.39, 0.29) is 23.2 Å². The minimum Gasteiger partial charge on any atom is -0.507 e. The first-order valence-corrected chi connectivity index (χ1v) is 10.3. The molecule has 4 rings (SSSR count). The van der Waals surface area contributed by atoms with E-state index in [1.165, 1.54) is 5.56 Å². The molecule has 1 aliphatic carbocycles. The molecule has 2 aliphatic rings. The van der Waals surface area contributed by atoms with Crippen LogP contribution in [0, 0.1) is 5.92 Å². The molecule has 0 saturated carbocycles. The van der Waals surface area contributed by atoms with Gasteiger partial charge >= 0.3 is 0 Å². The number of hydrogen-bond acceptors (Lipinski definition) is 2. The summed E-state index contributed by atoms with van der Waals surface area (Å²) in [6.07, 6.45) is 5.41. The van der Waals surface area contributed by atoms with Gasteiger partial charge in [0.25, 0.3) is 0 Å². The Morgan fingerprint density at radius 1 is 1.07 bits per heavy atom. The van der Waals surface area contributed by atoms with Crippen molar-refractivity contribution in [2.75, 3.05) is 0 Å². The minimum absolute atomic E-state index is 0.0179. The number of allylic oxidation sites excluding steroid dienone is 2. The van der Waals surface area contributed by atoms with Crippen molar-refractivity contribution in [1.82, 2.24) is 0 Å². The Kier molecular flexibility index (Phi) is 5.13. The van der Waals surface area contributed by atoms with Crippen LogP contribution in [-0.4, -0.2) is 34.2 Å². The third-order valence-corrected chi connectivity index (χ3v) is 6.42. The maximum Gasteiger partial charge on any atom is 0.127 e. The molecular formula is C24H25B3O2. The standard InChI is InChI=1S/C24H25B3O2/c1-23(2)19-11-10-17(24(25,26)27)14-18(19)22-20(28)12-16(13-21(22)29-23)9-8-15-6-4-3-5-7-15/h3-7,12-14,18-19,28H,8-11H2,1-2H3. The van der Waals surface area contributed by atoms with Gasteiger partial charge in [-0.25, -0.2) is 0 Å². The normalized spacial score (nSPS) is 22.8. The van der Waals surface area contributed by atoms with E-state index < -0.39 is 5.11 Å². The Hall–Kier alpha value is -2.03. The van der Waals surface area contributed by atoms with E-state index in [1.807, 2.05) is 24.3 Å². The van der Waals surface area contributed by atoms with E-state index in [9.17, 15) is 5.11 Å². The molecule has 0 aromatic heterocycles. The highest BCUT2D eigenvalue weighted by molar-refractivity contribution is 6.61. The molecule has 29 heavy (non-hydrogen) atoms. The number of fused-ring (bicyclic) bond motifs is 3. The molecule has 1 N–H and O–H groups in total.